The Bertz CT molecular complexity index is 619. The molecule has 3 rings (SSSR count). The molecule has 2 aromatic heterocycles. The van der Waals surface area contributed by atoms with E-state index in [0.29, 0.717) is 12.1 Å². The molecule has 1 atom stereocenters. The molecule has 0 unspecified atom stereocenters. The Morgan fingerprint density at radius 2 is 2.38 bits per heavy atom. The molecule has 1 amide bonds. The molecule has 1 N–H and O–H groups in total. The standard InChI is InChI=1S/C16H18N2O2S/c1-11-13(16(19)17-10-12-4-2-8-20-12)6-7-14(18-11)15-5-3-9-21-15/h3,5-7,9,12H,2,4,8,10H2,1H3,(H,17,19)/t12-/m1/s1. The van der Waals surface area contributed by atoms with Crippen molar-refractivity contribution >= 4 is 17.2 Å². The van der Waals surface area contributed by atoms with Gasteiger partial charge in [-0.25, -0.2) is 0 Å². The predicted octanol–water partition coefficient (Wildman–Crippen LogP) is 3.03. The fourth-order valence-corrected chi connectivity index (χ4v) is 3.16. The van der Waals surface area contributed by atoms with Gasteiger partial charge in [-0.1, -0.05) is 6.07 Å². The third kappa shape index (κ3) is 3.31. The molecule has 1 fully saturated rings. The Balaban J connectivity index is 1.68. The number of ether oxygens (including phenoxy) is 1. The van der Waals surface area contributed by atoms with Crippen LogP contribution in [-0.4, -0.2) is 30.1 Å². The molecule has 0 aromatic carbocycles. The minimum Gasteiger partial charge on any atom is -0.376 e. The number of nitrogens with one attached hydrogen (secondary N) is 1. The van der Waals surface area contributed by atoms with E-state index in [9.17, 15) is 4.79 Å². The van der Waals surface area contributed by atoms with E-state index in [-0.39, 0.29) is 12.0 Å². The molecular weight excluding hydrogens is 284 g/mol. The van der Waals surface area contributed by atoms with Crippen LogP contribution in [0.15, 0.2) is 29.6 Å². The van der Waals surface area contributed by atoms with Crippen molar-refractivity contribution in [3.63, 3.8) is 0 Å². The van der Waals surface area contributed by atoms with Gasteiger partial charge < -0.3 is 10.1 Å². The number of carbonyl (C=O) groups is 1. The lowest BCUT2D eigenvalue weighted by Crippen LogP contribution is -2.32. The van der Waals surface area contributed by atoms with Crippen molar-refractivity contribution in [1.82, 2.24) is 10.3 Å². The Kier molecular flexibility index (Phi) is 4.31. The maximum atomic E-state index is 12.2. The minimum absolute atomic E-state index is 0.0757. The lowest BCUT2D eigenvalue weighted by molar-refractivity contribution is 0.0857. The molecule has 0 bridgehead atoms. The first-order valence-corrected chi connectivity index (χ1v) is 8.03. The molecule has 0 saturated carbocycles. The number of hydrogen-bond donors (Lipinski definition) is 1. The van der Waals surface area contributed by atoms with Crippen molar-refractivity contribution in [1.29, 1.82) is 0 Å². The van der Waals surface area contributed by atoms with Crippen LogP contribution in [0.1, 0.15) is 28.9 Å². The van der Waals surface area contributed by atoms with Gasteiger partial charge in [0.15, 0.2) is 0 Å². The van der Waals surface area contributed by atoms with E-state index in [2.05, 4.69) is 10.3 Å². The maximum absolute atomic E-state index is 12.2. The molecule has 21 heavy (non-hydrogen) atoms. The Morgan fingerprint density at radius 3 is 3.05 bits per heavy atom. The Morgan fingerprint density at radius 1 is 1.48 bits per heavy atom. The second-order valence-electron chi connectivity index (χ2n) is 5.15. The molecule has 5 heteroatoms. The molecule has 3 heterocycles. The lowest BCUT2D eigenvalue weighted by atomic mass is 10.1. The zero-order valence-electron chi connectivity index (χ0n) is 12.0. The summed E-state index contributed by atoms with van der Waals surface area (Å²) in [5, 5.41) is 4.96. The maximum Gasteiger partial charge on any atom is 0.253 e. The van der Waals surface area contributed by atoms with Crippen LogP contribution < -0.4 is 5.32 Å². The van der Waals surface area contributed by atoms with Crippen LogP contribution in [0, 0.1) is 6.92 Å². The Labute approximate surface area is 128 Å². The van der Waals surface area contributed by atoms with Gasteiger partial charge in [0.25, 0.3) is 5.91 Å². The van der Waals surface area contributed by atoms with Gasteiger partial charge in [-0.15, -0.1) is 11.3 Å². The fraction of sp³-hybridized carbons (Fsp3) is 0.375. The highest BCUT2D eigenvalue weighted by molar-refractivity contribution is 7.13. The summed E-state index contributed by atoms with van der Waals surface area (Å²) >= 11 is 1.65. The topological polar surface area (TPSA) is 51.2 Å². The normalized spacial score (nSPS) is 17.9. The van der Waals surface area contributed by atoms with E-state index in [1.807, 2.05) is 36.6 Å². The summed E-state index contributed by atoms with van der Waals surface area (Å²) in [5.74, 6) is -0.0757. The van der Waals surface area contributed by atoms with E-state index < -0.39 is 0 Å². The summed E-state index contributed by atoms with van der Waals surface area (Å²) in [6, 6.07) is 7.78. The third-order valence-electron chi connectivity index (χ3n) is 3.62. The highest BCUT2D eigenvalue weighted by Gasteiger charge is 2.18. The van der Waals surface area contributed by atoms with Crippen molar-refractivity contribution < 1.29 is 9.53 Å². The molecule has 0 radical (unpaired) electrons. The van der Waals surface area contributed by atoms with Gasteiger partial charge in [-0.2, -0.15) is 0 Å². The second-order valence-corrected chi connectivity index (χ2v) is 6.10. The number of amides is 1. The molecule has 1 aliphatic heterocycles. The SMILES string of the molecule is Cc1nc(-c2cccs2)ccc1C(=O)NC[C@H]1CCCO1. The second kappa shape index (κ2) is 6.37. The van der Waals surface area contributed by atoms with Crippen LogP contribution >= 0.6 is 11.3 Å². The van der Waals surface area contributed by atoms with Gasteiger partial charge in [-0.3, -0.25) is 9.78 Å². The van der Waals surface area contributed by atoms with Crippen LogP contribution in [0.25, 0.3) is 10.6 Å². The van der Waals surface area contributed by atoms with Gasteiger partial charge in [0.2, 0.25) is 0 Å². The van der Waals surface area contributed by atoms with Gasteiger partial charge in [0.05, 0.1) is 27.9 Å². The molecule has 2 aromatic rings. The van der Waals surface area contributed by atoms with Crippen LogP contribution in [0.2, 0.25) is 0 Å². The highest BCUT2D eigenvalue weighted by Crippen LogP contribution is 2.23. The molecule has 1 saturated heterocycles. The molecule has 0 aliphatic carbocycles. The first-order chi connectivity index (χ1) is 10.2. The first kappa shape index (κ1) is 14.2. The van der Waals surface area contributed by atoms with E-state index in [4.69, 9.17) is 4.74 Å². The van der Waals surface area contributed by atoms with Crippen LogP contribution in [0.4, 0.5) is 0 Å². The van der Waals surface area contributed by atoms with Gasteiger partial charge in [-0.05, 0) is 43.3 Å². The number of aromatic nitrogens is 1. The van der Waals surface area contributed by atoms with Crippen molar-refractivity contribution in [2.75, 3.05) is 13.2 Å². The van der Waals surface area contributed by atoms with Gasteiger partial charge in [0.1, 0.15) is 0 Å². The number of pyridine rings is 1. The van der Waals surface area contributed by atoms with Crippen molar-refractivity contribution in [2.24, 2.45) is 0 Å². The predicted molar refractivity (Wildman–Crippen MR) is 83.6 cm³/mol. The monoisotopic (exact) mass is 302 g/mol. The molecular formula is C16H18N2O2S. The van der Waals surface area contributed by atoms with Crippen LogP contribution in [0.5, 0.6) is 0 Å². The third-order valence-corrected chi connectivity index (χ3v) is 4.51. The van der Waals surface area contributed by atoms with Crippen LogP contribution in [0.3, 0.4) is 0 Å². The summed E-state index contributed by atoms with van der Waals surface area (Å²) in [6.45, 7) is 3.25. The van der Waals surface area contributed by atoms with Crippen molar-refractivity contribution in [3.05, 3.63) is 40.9 Å². The van der Waals surface area contributed by atoms with Gasteiger partial charge in [0, 0.05) is 13.2 Å². The summed E-state index contributed by atoms with van der Waals surface area (Å²) < 4.78 is 5.51. The zero-order valence-corrected chi connectivity index (χ0v) is 12.8. The number of aryl methyl sites for hydroxylation is 1. The Hall–Kier alpha value is -1.72. The number of carbonyl (C=O) groups excluding carboxylic acids is 1. The summed E-state index contributed by atoms with van der Waals surface area (Å²) in [7, 11) is 0. The van der Waals surface area contributed by atoms with Crippen LogP contribution in [-0.2, 0) is 4.74 Å². The van der Waals surface area contributed by atoms with E-state index >= 15 is 0 Å². The van der Waals surface area contributed by atoms with E-state index in [1.165, 1.54) is 0 Å². The minimum atomic E-state index is -0.0757. The first-order valence-electron chi connectivity index (χ1n) is 7.15. The summed E-state index contributed by atoms with van der Waals surface area (Å²) in [6.07, 6.45) is 2.26. The highest BCUT2D eigenvalue weighted by atomic mass is 32.1. The smallest absolute Gasteiger partial charge is 0.253 e. The number of rotatable bonds is 4. The van der Waals surface area contributed by atoms with E-state index in [1.54, 1.807) is 11.3 Å². The lowest BCUT2D eigenvalue weighted by Gasteiger charge is -2.12. The molecule has 110 valence electrons. The van der Waals surface area contributed by atoms with Crippen molar-refractivity contribution in [2.45, 2.75) is 25.9 Å². The average molecular weight is 302 g/mol. The zero-order chi connectivity index (χ0) is 14.7. The summed E-state index contributed by atoms with van der Waals surface area (Å²) in [5.41, 5.74) is 2.30. The molecule has 1 aliphatic rings. The quantitative estimate of drug-likeness (QED) is 0.944. The van der Waals surface area contributed by atoms with E-state index in [0.717, 1.165) is 35.7 Å². The number of thiophene rings is 1. The average Bonchev–Trinajstić information content (AvgIpc) is 3.18. The molecule has 4 nitrogen and oxygen atoms in total. The van der Waals surface area contributed by atoms with Gasteiger partial charge >= 0.3 is 0 Å². The molecule has 0 spiro atoms. The summed E-state index contributed by atoms with van der Waals surface area (Å²) in [4.78, 5) is 17.9. The number of nitrogens with zero attached hydrogens (tertiary/aromatic N) is 1. The fourth-order valence-electron chi connectivity index (χ4n) is 2.47. The largest absolute Gasteiger partial charge is 0.376 e. The number of hydrogen-bond acceptors (Lipinski definition) is 4. The van der Waals surface area contributed by atoms with Crippen molar-refractivity contribution in [3.8, 4) is 10.6 Å².